The first-order valence-corrected chi connectivity index (χ1v) is 18.7. The van der Waals surface area contributed by atoms with Gasteiger partial charge >= 0.3 is 24.1 Å². The van der Waals surface area contributed by atoms with Gasteiger partial charge in [0.2, 0.25) is 0 Å². The summed E-state index contributed by atoms with van der Waals surface area (Å²) in [5.41, 5.74) is 3.43. The smallest absolute Gasteiger partial charge is 0.416 e. The van der Waals surface area contributed by atoms with Crippen molar-refractivity contribution in [2.24, 2.45) is 5.73 Å². The molecule has 3 aromatic carbocycles. The number of phenolic OH excluding ortho intramolecular Hbond substituents is 1. The van der Waals surface area contributed by atoms with E-state index in [0.29, 0.717) is 20.6 Å². The van der Waals surface area contributed by atoms with Crippen LogP contribution in [0.4, 0.5) is 18.9 Å². The summed E-state index contributed by atoms with van der Waals surface area (Å²) in [6, 6.07) is 9.42. The Balaban J connectivity index is 0.000000518. The first kappa shape index (κ1) is 46.8. The molecular formula is C31H30Br2ClF3N3O12P. The van der Waals surface area contributed by atoms with Gasteiger partial charge in [0.1, 0.15) is 28.9 Å². The number of nitrogens with zero attached hydrogens (tertiary/aromatic N) is 2. The van der Waals surface area contributed by atoms with Gasteiger partial charge in [-0.25, -0.2) is 9.59 Å². The van der Waals surface area contributed by atoms with Gasteiger partial charge in [-0.1, -0.05) is 11.6 Å². The van der Waals surface area contributed by atoms with Crippen LogP contribution in [0.2, 0.25) is 5.02 Å². The van der Waals surface area contributed by atoms with E-state index in [2.05, 4.69) is 31.9 Å². The number of rotatable bonds is 11. The van der Waals surface area contributed by atoms with Crippen LogP contribution in [0.5, 0.6) is 17.2 Å². The standard InChI is InChI=1S/C19H15ClF3NO7.C7H3Br2NO.C5H12NO4P/c1-3-29-17(25)10(2)30-18(26)13-9-12(5-6-15(13)24(27)28)31-16-7-4-11(8-14(16)20)19(21,22)23;8-5-1-4(3-10)2-6(9)7(5)11;1-11(9,10)3-2-4(6)5(7)8/h4-10H,3H2,1-2H3;1-2,11H;4H,2-3,6H2,1H3,(H,7,8)(H,9,10). The number of carbonyl (C=O) groups is 3. The molecule has 22 heteroatoms. The van der Waals surface area contributed by atoms with Crippen LogP contribution in [-0.4, -0.2) is 69.5 Å². The summed E-state index contributed by atoms with van der Waals surface area (Å²) in [5, 5.41) is 36.9. The van der Waals surface area contributed by atoms with Gasteiger partial charge in [0.15, 0.2) is 13.5 Å². The maximum atomic E-state index is 12.8. The van der Waals surface area contributed by atoms with Gasteiger partial charge < -0.3 is 35.1 Å². The van der Waals surface area contributed by atoms with Crippen molar-refractivity contribution in [2.75, 3.05) is 19.4 Å². The molecule has 0 saturated heterocycles. The Bertz CT molecular complexity index is 1880. The van der Waals surface area contributed by atoms with Gasteiger partial charge in [-0.3, -0.25) is 19.5 Å². The van der Waals surface area contributed by atoms with Crippen molar-refractivity contribution < 1.29 is 66.4 Å². The second-order valence-electron chi connectivity index (χ2n) is 10.4. The Kier molecular flexibility index (Phi) is 18.4. The van der Waals surface area contributed by atoms with Gasteiger partial charge in [0, 0.05) is 25.0 Å². The topological polar surface area (TPSA) is 250 Å². The molecule has 15 nitrogen and oxygen atoms in total. The minimum Gasteiger partial charge on any atom is -0.506 e. The van der Waals surface area contributed by atoms with Crippen LogP contribution in [0.15, 0.2) is 57.5 Å². The summed E-state index contributed by atoms with van der Waals surface area (Å²) in [4.78, 5) is 53.3. The first-order chi connectivity index (χ1) is 24.4. The number of alkyl halides is 3. The molecule has 288 valence electrons. The molecule has 3 rings (SSSR count). The van der Waals surface area contributed by atoms with E-state index >= 15 is 0 Å². The molecule has 3 unspecified atom stereocenters. The van der Waals surface area contributed by atoms with Crippen molar-refractivity contribution in [3.05, 3.63) is 89.3 Å². The number of halogens is 6. The lowest BCUT2D eigenvalue weighted by atomic mass is 10.1. The number of carboxylic acids is 1. The fourth-order valence-electron chi connectivity index (χ4n) is 3.45. The summed E-state index contributed by atoms with van der Waals surface area (Å²) in [6.45, 7) is 3.99. The number of nitro groups is 1. The summed E-state index contributed by atoms with van der Waals surface area (Å²) in [6.07, 6.45) is -5.94. The molecule has 5 N–H and O–H groups in total. The zero-order chi connectivity index (χ0) is 40.8. The summed E-state index contributed by atoms with van der Waals surface area (Å²) in [5.74, 6) is -3.38. The predicted molar refractivity (Wildman–Crippen MR) is 190 cm³/mol. The Morgan fingerprint density at radius 1 is 1.13 bits per heavy atom. The Hall–Kier alpha value is -4.25. The number of aromatic hydroxyl groups is 1. The minimum atomic E-state index is -4.61. The first-order valence-electron chi connectivity index (χ1n) is 14.5. The average Bonchev–Trinajstić information content (AvgIpc) is 3.06. The highest BCUT2D eigenvalue weighted by Gasteiger charge is 2.31. The number of aliphatic carboxylic acids is 1. The monoisotopic (exact) mass is 917 g/mol. The van der Waals surface area contributed by atoms with Gasteiger partial charge in [-0.05, 0) is 88.5 Å². The number of phenols is 1. The number of nitriles is 1. The molecule has 0 aliphatic carbocycles. The number of carbonyl (C=O) groups excluding carboxylic acids is 2. The molecule has 53 heavy (non-hydrogen) atoms. The summed E-state index contributed by atoms with van der Waals surface area (Å²) < 4.78 is 64.9. The molecule has 3 aromatic rings. The maximum absolute atomic E-state index is 12.8. The van der Waals surface area contributed by atoms with Gasteiger partial charge in [-0.2, -0.15) is 18.4 Å². The molecule has 0 radical (unpaired) electrons. The zero-order valence-corrected chi connectivity index (χ0v) is 32.4. The number of hydrogen-bond acceptors (Lipinski definition) is 12. The fourth-order valence-corrected chi connectivity index (χ4v) is 5.62. The van der Waals surface area contributed by atoms with E-state index in [4.69, 9.17) is 46.8 Å². The van der Waals surface area contributed by atoms with E-state index in [1.807, 2.05) is 6.07 Å². The van der Waals surface area contributed by atoms with Crippen molar-refractivity contribution >= 4 is 74.4 Å². The van der Waals surface area contributed by atoms with Crippen molar-refractivity contribution in [3.63, 3.8) is 0 Å². The van der Waals surface area contributed by atoms with E-state index in [-0.39, 0.29) is 41.5 Å². The Labute approximate surface area is 321 Å². The van der Waals surface area contributed by atoms with E-state index in [1.165, 1.54) is 13.6 Å². The third-order valence-electron chi connectivity index (χ3n) is 6.09. The SMILES string of the molecule is CCOC(=O)C(C)OC(=O)c1cc(Oc2ccc(C(F)(F)F)cc2Cl)ccc1[N+](=O)[O-].CP(=O)(O)CCC(N)C(=O)O.N#Cc1cc(Br)c(O)c(Br)c1. The summed E-state index contributed by atoms with van der Waals surface area (Å²) in [7, 11) is -3.10. The number of carboxylic acid groups (broad SMARTS) is 1. The highest BCUT2D eigenvalue weighted by molar-refractivity contribution is 9.11. The van der Waals surface area contributed by atoms with Crippen LogP contribution in [0.3, 0.4) is 0 Å². The van der Waals surface area contributed by atoms with Gasteiger partial charge in [0.05, 0.1) is 42.7 Å². The number of nitro benzene ring substituents is 1. The van der Waals surface area contributed by atoms with Crippen molar-refractivity contribution in [2.45, 2.75) is 38.6 Å². The van der Waals surface area contributed by atoms with Crippen molar-refractivity contribution in [1.82, 2.24) is 0 Å². The molecule has 3 atom stereocenters. The lowest BCUT2D eigenvalue weighted by molar-refractivity contribution is -0.385. The van der Waals surface area contributed by atoms with Gasteiger partial charge in [0.25, 0.3) is 5.69 Å². The van der Waals surface area contributed by atoms with Crippen LogP contribution in [0.25, 0.3) is 0 Å². The number of nitrogens with two attached hydrogens (primary N) is 1. The molecule has 0 amide bonds. The quantitative estimate of drug-likeness (QED) is 0.0625. The highest BCUT2D eigenvalue weighted by Crippen LogP contribution is 2.38. The van der Waals surface area contributed by atoms with Crippen LogP contribution in [0.1, 0.15) is 41.8 Å². The summed E-state index contributed by atoms with van der Waals surface area (Å²) >= 11 is 12.0. The van der Waals surface area contributed by atoms with E-state index in [0.717, 1.165) is 30.3 Å². The molecule has 0 aliphatic heterocycles. The van der Waals surface area contributed by atoms with Crippen molar-refractivity contribution in [3.8, 4) is 23.3 Å². The minimum absolute atomic E-state index is 0.0398. The molecular weight excluding hydrogens is 890 g/mol. The molecule has 0 fully saturated rings. The third kappa shape index (κ3) is 16.1. The van der Waals surface area contributed by atoms with Crippen LogP contribution in [-0.2, 0) is 29.8 Å². The number of hydrogen-bond donors (Lipinski definition) is 4. The predicted octanol–water partition coefficient (Wildman–Crippen LogP) is 7.65. The van der Waals surface area contributed by atoms with Crippen molar-refractivity contribution in [1.29, 1.82) is 5.26 Å². The van der Waals surface area contributed by atoms with Crippen LogP contribution >= 0.6 is 50.8 Å². The maximum Gasteiger partial charge on any atom is 0.416 e. The van der Waals surface area contributed by atoms with E-state index < -0.39 is 65.3 Å². The average molecular weight is 920 g/mol. The molecule has 0 heterocycles. The highest BCUT2D eigenvalue weighted by atomic mass is 79.9. The number of esters is 2. The molecule has 0 bridgehead atoms. The van der Waals surface area contributed by atoms with E-state index in [9.17, 15) is 47.3 Å². The third-order valence-corrected chi connectivity index (χ3v) is 8.68. The second kappa shape index (κ2) is 20.8. The fraction of sp³-hybridized carbons (Fsp3) is 0.290. The Morgan fingerprint density at radius 3 is 2.17 bits per heavy atom. The normalized spacial score (nSPS) is 12.9. The number of benzene rings is 3. The van der Waals surface area contributed by atoms with Crippen LogP contribution in [0, 0.1) is 21.4 Å². The largest absolute Gasteiger partial charge is 0.506 e. The molecule has 0 aliphatic rings. The van der Waals surface area contributed by atoms with E-state index in [1.54, 1.807) is 19.1 Å². The molecule has 0 saturated carbocycles. The van der Waals surface area contributed by atoms with Crippen LogP contribution < -0.4 is 10.5 Å². The Morgan fingerprint density at radius 2 is 1.72 bits per heavy atom. The molecule has 0 spiro atoms. The number of ether oxygens (including phenoxy) is 3. The molecule has 0 aromatic heterocycles. The zero-order valence-electron chi connectivity index (χ0n) is 27.6. The van der Waals surface area contributed by atoms with Gasteiger partial charge in [-0.15, -0.1) is 0 Å². The second-order valence-corrected chi connectivity index (χ2v) is 15.1. The lowest BCUT2D eigenvalue weighted by Crippen LogP contribution is -2.30. The lowest BCUT2D eigenvalue weighted by Gasteiger charge is -2.13.